The number of hydrogen-bond donors (Lipinski definition) is 1. The number of nitrogens with zero attached hydrogens (tertiary/aromatic N) is 3. The van der Waals surface area contributed by atoms with Crippen molar-refractivity contribution in [2.75, 3.05) is 17.2 Å². The van der Waals surface area contributed by atoms with E-state index in [1.54, 1.807) is 0 Å². The summed E-state index contributed by atoms with van der Waals surface area (Å²) in [6.07, 6.45) is 1.86. The molecule has 1 aromatic carbocycles. The van der Waals surface area contributed by atoms with Crippen LogP contribution < -0.4 is 10.6 Å². The summed E-state index contributed by atoms with van der Waals surface area (Å²) in [5.41, 5.74) is 11.4. The standard InChI is InChI=1S/C15H19ClN4/c1-3-12-15(16)14(19(2)18-12)9-20-8-7-10-11(17)5-4-6-13(10)20/h4-6H,3,7-9,17H2,1-2H3. The fourth-order valence-corrected chi connectivity index (χ4v) is 3.22. The van der Waals surface area contributed by atoms with E-state index in [0.29, 0.717) is 0 Å². The molecule has 2 heterocycles. The molecule has 0 spiro atoms. The van der Waals surface area contributed by atoms with Crippen LogP contribution in [0.2, 0.25) is 5.02 Å². The lowest BCUT2D eigenvalue weighted by atomic mass is 10.1. The van der Waals surface area contributed by atoms with E-state index in [4.69, 9.17) is 17.3 Å². The van der Waals surface area contributed by atoms with E-state index >= 15 is 0 Å². The van der Waals surface area contributed by atoms with E-state index in [1.165, 1.54) is 11.3 Å². The maximum atomic E-state index is 6.43. The zero-order chi connectivity index (χ0) is 14.3. The maximum absolute atomic E-state index is 6.43. The van der Waals surface area contributed by atoms with Gasteiger partial charge in [0.15, 0.2) is 0 Å². The normalized spacial score (nSPS) is 13.8. The molecule has 1 aliphatic heterocycles. The second-order valence-electron chi connectivity index (χ2n) is 5.20. The molecule has 3 rings (SSSR count). The Hall–Kier alpha value is -1.68. The van der Waals surface area contributed by atoms with Gasteiger partial charge in [-0.05, 0) is 25.0 Å². The lowest BCUT2D eigenvalue weighted by molar-refractivity contribution is 0.680. The Kier molecular flexibility index (Phi) is 3.34. The predicted octanol–water partition coefficient (Wildman–Crippen LogP) is 2.78. The van der Waals surface area contributed by atoms with Crippen molar-refractivity contribution in [3.8, 4) is 0 Å². The largest absolute Gasteiger partial charge is 0.398 e. The van der Waals surface area contributed by atoms with Crippen LogP contribution in [0, 0.1) is 0 Å². The van der Waals surface area contributed by atoms with Crippen molar-refractivity contribution in [2.24, 2.45) is 7.05 Å². The second kappa shape index (κ2) is 5.02. The van der Waals surface area contributed by atoms with Crippen LogP contribution in [0.25, 0.3) is 0 Å². The van der Waals surface area contributed by atoms with E-state index in [9.17, 15) is 0 Å². The molecule has 1 aromatic heterocycles. The van der Waals surface area contributed by atoms with Gasteiger partial charge in [0.05, 0.1) is 23.0 Å². The Morgan fingerprint density at radius 2 is 2.20 bits per heavy atom. The van der Waals surface area contributed by atoms with Crippen molar-refractivity contribution >= 4 is 23.0 Å². The van der Waals surface area contributed by atoms with E-state index in [-0.39, 0.29) is 0 Å². The first kappa shape index (κ1) is 13.3. The summed E-state index contributed by atoms with van der Waals surface area (Å²) in [7, 11) is 1.96. The molecule has 106 valence electrons. The smallest absolute Gasteiger partial charge is 0.0868 e. The molecule has 0 saturated carbocycles. The molecule has 0 radical (unpaired) electrons. The topological polar surface area (TPSA) is 47.1 Å². The second-order valence-corrected chi connectivity index (χ2v) is 5.58. The van der Waals surface area contributed by atoms with Crippen LogP contribution >= 0.6 is 11.6 Å². The van der Waals surface area contributed by atoms with Gasteiger partial charge >= 0.3 is 0 Å². The van der Waals surface area contributed by atoms with Gasteiger partial charge in [-0.1, -0.05) is 24.6 Å². The summed E-state index contributed by atoms with van der Waals surface area (Å²) >= 11 is 6.43. The zero-order valence-electron chi connectivity index (χ0n) is 11.9. The number of rotatable bonds is 3. The number of benzene rings is 1. The zero-order valence-corrected chi connectivity index (χ0v) is 12.6. The van der Waals surface area contributed by atoms with Gasteiger partial charge < -0.3 is 10.6 Å². The number of nitrogen functional groups attached to an aromatic ring is 1. The van der Waals surface area contributed by atoms with Crippen LogP contribution in [0.15, 0.2) is 18.2 Å². The summed E-state index contributed by atoms with van der Waals surface area (Å²) in [6, 6.07) is 6.10. The highest BCUT2D eigenvalue weighted by Gasteiger charge is 2.23. The average molecular weight is 291 g/mol. The van der Waals surface area contributed by atoms with Gasteiger partial charge in [-0.2, -0.15) is 5.10 Å². The molecule has 4 nitrogen and oxygen atoms in total. The summed E-state index contributed by atoms with van der Waals surface area (Å²) in [5, 5.41) is 5.28. The highest BCUT2D eigenvalue weighted by Crippen LogP contribution is 2.34. The minimum absolute atomic E-state index is 0.777. The molecule has 2 N–H and O–H groups in total. The van der Waals surface area contributed by atoms with Gasteiger partial charge in [-0.3, -0.25) is 4.68 Å². The molecule has 0 bridgehead atoms. The number of nitrogens with two attached hydrogens (primary N) is 1. The van der Waals surface area contributed by atoms with E-state index in [0.717, 1.165) is 48.0 Å². The molecule has 0 saturated heterocycles. The number of fused-ring (bicyclic) bond motifs is 1. The molecule has 0 amide bonds. The Bertz CT molecular complexity index is 648. The Morgan fingerprint density at radius 3 is 2.90 bits per heavy atom. The van der Waals surface area contributed by atoms with Crippen LogP contribution in [0.1, 0.15) is 23.9 Å². The third kappa shape index (κ3) is 2.04. The van der Waals surface area contributed by atoms with Crippen molar-refractivity contribution in [1.82, 2.24) is 9.78 Å². The maximum Gasteiger partial charge on any atom is 0.0868 e. The lowest BCUT2D eigenvalue weighted by Gasteiger charge is -2.19. The van der Waals surface area contributed by atoms with Gasteiger partial charge in [0.1, 0.15) is 0 Å². The monoisotopic (exact) mass is 290 g/mol. The Labute approximate surface area is 124 Å². The highest BCUT2D eigenvalue weighted by molar-refractivity contribution is 6.31. The van der Waals surface area contributed by atoms with Gasteiger partial charge in [0.2, 0.25) is 0 Å². The quantitative estimate of drug-likeness (QED) is 0.884. The average Bonchev–Trinajstić information content (AvgIpc) is 2.96. The summed E-state index contributed by atoms with van der Waals surface area (Å²) < 4.78 is 1.89. The molecule has 0 aliphatic carbocycles. The van der Waals surface area contributed by atoms with Crippen molar-refractivity contribution in [1.29, 1.82) is 0 Å². The minimum Gasteiger partial charge on any atom is -0.398 e. The van der Waals surface area contributed by atoms with E-state index in [1.807, 2.05) is 23.9 Å². The molecular weight excluding hydrogens is 272 g/mol. The third-order valence-electron chi connectivity index (χ3n) is 4.00. The summed E-state index contributed by atoms with van der Waals surface area (Å²) in [6.45, 7) is 3.83. The Balaban J connectivity index is 1.92. The van der Waals surface area contributed by atoms with Crippen LogP contribution in [0.5, 0.6) is 0 Å². The summed E-state index contributed by atoms with van der Waals surface area (Å²) in [5.74, 6) is 0. The van der Waals surface area contributed by atoms with E-state index in [2.05, 4.69) is 23.0 Å². The molecule has 2 aromatic rings. The number of aromatic nitrogens is 2. The fourth-order valence-electron chi connectivity index (χ4n) is 2.86. The predicted molar refractivity (Wildman–Crippen MR) is 83.2 cm³/mol. The van der Waals surface area contributed by atoms with Crippen LogP contribution in [0.3, 0.4) is 0 Å². The van der Waals surface area contributed by atoms with Crippen molar-refractivity contribution < 1.29 is 0 Å². The SMILES string of the molecule is CCc1nn(C)c(CN2CCc3c(N)cccc32)c1Cl. The first-order valence-corrected chi connectivity index (χ1v) is 7.32. The number of halogens is 1. The molecule has 1 aliphatic rings. The third-order valence-corrected chi connectivity index (χ3v) is 4.44. The summed E-state index contributed by atoms with van der Waals surface area (Å²) in [4.78, 5) is 2.33. The number of hydrogen-bond acceptors (Lipinski definition) is 3. The minimum atomic E-state index is 0.777. The molecular formula is C15H19ClN4. The van der Waals surface area contributed by atoms with Crippen LogP contribution in [0.4, 0.5) is 11.4 Å². The van der Waals surface area contributed by atoms with Crippen LogP contribution in [-0.4, -0.2) is 16.3 Å². The lowest BCUT2D eigenvalue weighted by Crippen LogP contribution is -2.21. The van der Waals surface area contributed by atoms with Crippen molar-refractivity contribution in [3.63, 3.8) is 0 Å². The number of anilines is 2. The fraction of sp³-hybridized carbons (Fsp3) is 0.400. The number of aryl methyl sites for hydroxylation is 2. The van der Waals surface area contributed by atoms with E-state index < -0.39 is 0 Å². The first-order chi connectivity index (χ1) is 9.61. The van der Waals surface area contributed by atoms with Gasteiger partial charge in [-0.15, -0.1) is 0 Å². The van der Waals surface area contributed by atoms with Crippen LogP contribution in [-0.2, 0) is 26.4 Å². The molecule has 0 fully saturated rings. The molecule has 0 atom stereocenters. The van der Waals surface area contributed by atoms with Crippen molar-refractivity contribution in [2.45, 2.75) is 26.3 Å². The van der Waals surface area contributed by atoms with Gasteiger partial charge in [0, 0.05) is 30.5 Å². The molecule has 5 heteroatoms. The molecule has 20 heavy (non-hydrogen) atoms. The van der Waals surface area contributed by atoms with Crippen molar-refractivity contribution in [3.05, 3.63) is 40.2 Å². The highest BCUT2D eigenvalue weighted by atomic mass is 35.5. The van der Waals surface area contributed by atoms with Gasteiger partial charge in [-0.25, -0.2) is 0 Å². The molecule has 0 unspecified atom stereocenters. The van der Waals surface area contributed by atoms with Gasteiger partial charge in [0.25, 0.3) is 0 Å². The Morgan fingerprint density at radius 1 is 1.40 bits per heavy atom. The first-order valence-electron chi connectivity index (χ1n) is 6.94.